The number of aryl methyl sites for hydroxylation is 4. The summed E-state index contributed by atoms with van der Waals surface area (Å²) >= 11 is 59.7. The molecule has 0 aliphatic carbocycles. The average molecular weight is 1960 g/mol. The fraction of sp³-hybridized carbons (Fsp3) is 0.104. The molecule has 0 bridgehead atoms. The molecule has 0 aliphatic rings. The quantitative estimate of drug-likeness (QED) is 0.0238. The van der Waals surface area contributed by atoms with E-state index in [1.807, 2.05) is 6.92 Å². The number of hydrogen-bond donors (Lipinski definition) is 9. The number of rotatable bonds is 21. The Morgan fingerprint density at radius 1 is 0.374 bits per heavy atom. The van der Waals surface area contributed by atoms with Gasteiger partial charge in [-0.1, -0.05) is 164 Å². The Balaban J connectivity index is 0.000000206. The van der Waals surface area contributed by atoms with Gasteiger partial charge in [-0.3, -0.25) is 28.8 Å². The maximum Gasteiger partial charge on any atom is 0.417 e. The van der Waals surface area contributed by atoms with Crippen LogP contribution in [-0.4, -0.2) is 131 Å². The second-order valence-corrected chi connectivity index (χ2v) is 36.0. The van der Waals surface area contributed by atoms with Crippen LogP contribution >= 0.6 is 116 Å². The fourth-order valence-electron chi connectivity index (χ4n) is 10.7. The van der Waals surface area contributed by atoms with Crippen molar-refractivity contribution in [1.82, 2.24) is 29.3 Å². The zero-order valence-corrected chi connectivity index (χ0v) is 73.6. The lowest BCUT2D eigenvalue weighted by Crippen LogP contribution is -2.23. The van der Waals surface area contributed by atoms with Gasteiger partial charge in [0.05, 0.1) is 157 Å². The van der Waals surface area contributed by atoms with E-state index in [0.29, 0.717) is 27.5 Å². The number of sulfone groups is 3. The first-order valence-electron chi connectivity index (χ1n) is 34.2. The number of benzene rings is 9. The number of anilines is 6. The minimum Gasteiger partial charge on any atom is -0.506 e. The smallest absolute Gasteiger partial charge is 0.417 e. The van der Waals surface area contributed by atoms with Gasteiger partial charge in [0.15, 0.2) is 29.5 Å². The van der Waals surface area contributed by atoms with E-state index < -0.39 is 128 Å². The van der Waals surface area contributed by atoms with Gasteiger partial charge in [0.25, 0.3) is 17.7 Å². The molecule has 0 radical (unpaired) electrons. The van der Waals surface area contributed by atoms with E-state index >= 15 is 0 Å². The van der Waals surface area contributed by atoms with E-state index in [4.69, 9.17) is 124 Å². The molecule has 3 heterocycles. The first-order valence-corrected chi connectivity index (χ1v) is 43.6. The number of nitrogens with one attached hydrogen (secondary N) is 6. The van der Waals surface area contributed by atoms with Crippen molar-refractivity contribution in [2.24, 2.45) is 0 Å². The molecular formula is C77H57Cl10F3N12O17S4. The molecule has 12 aromatic rings. The summed E-state index contributed by atoms with van der Waals surface area (Å²) in [5, 5.41) is 58.0. The second kappa shape index (κ2) is 40.7. The number of amides is 6. The molecule has 12 rings (SSSR count). The highest BCUT2D eigenvalue weighted by molar-refractivity contribution is 7.92. The maximum atomic E-state index is 13.3. The highest BCUT2D eigenvalue weighted by Gasteiger charge is 2.35. The van der Waals surface area contributed by atoms with E-state index in [-0.39, 0.29) is 106 Å². The van der Waals surface area contributed by atoms with Crippen molar-refractivity contribution in [3.05, 3.63) is 278 Å². The molecule has 3 aromatic heterocycles. The Hall–Kier alpha value is -10.8. The highest BCUT2D eigenvalue weighted by Crippen LogP contribution is 2.42. The number of alkyl halides is 3. The minimum absolute atomic E-state index is 0.00729. The zero-order chi connectivity index (χ0) is 90.7. The standard InChI is InChI=1S/C26H18Cl3F3N4O5S.C26H21Cl3N4O5S.C25H18Cl4N4O5S.O2S/c1-13-2-4-16(5-3-13)42(40,41)12-23(38)34-20-9-22(37)21(8-18(20)27)35-25(39)14-10-33-36(11-14)15-6-17(26(30,31)32)24(29)19(28)7-15;1-14-3-5-18(6-4-14)39(37,38)13-24(35)31-21-10-23(34)22(9-19(21)27)32-26(36)16-11-30-33(12-16)17-7-15(2)25(29)20(28)8-17;1-13-3-2-4-16(5-13)39(37,38)12-23(35)31-20-9-22(34)21(8-17(20)26)32-25(36)14-10-30-33(11-14)15-6-18(27)24(29)19(28)7-15;1-3-2/h2-11,37H,12H2,1H3,(H,34,38)(H,35,39);3-12,34H,13H2,1-2H3,(H,31,35)(H,32,36);2-11,34H,12H2,1H3,(H,31,35)(H,32,36);. The Morgan fingerprint density at radius 3 is 1.01 bits per heavy atom. The number of aromatic nitrogens is 6. The molecule has 29 nitrogen and oxygen atoms in total. The van der Waals surface area contributed by atoms with Crippen molar-refractivity contribution in [2.75, 3.05) is 49.2 Å². The van der Waals surface area contributed by atoms with E-state index in [9.17, 15) is 82.5 Å². The van der Waals surface area contributed by atoms with Gasteiger partial charge in [-0.2, -0.15) is 36.9 Å². The average Bonchev–Trinajstić information content (AvgIpc) is 1.78. The predicted molar refractivity (Wildman–Crippen MR) is 463 cm³/mol. The highest BCUT2D eigenvalue weighted by atomic mass is 35.5. The monoisotopic (exact) mass is 1960 g/mol. The lowest BCUT2D eigenvalue weighted by Gasteiger charge is -2.13. The molecule has 123 heavy (non-hydrogen) atoms. The molecule has 9 N–H and O–H groups in total. The van der Waals surface area contributed by atoms with Crippen molar-refractivity contribution >= 4 is 227 Å². The molecule has 0 fully saturated rings. The van der Waals surface area contributed by atoms with Crippen molar-refractivity contribution in [3.63, 3.8) is 0 Å². The number of nitrogens with zero attached hydrogens (tertiary/aromatic N) is 6. The number of halogens is 13. The van der Waals surface area contributed by atoms with E-state index in [2.05, 4.69) is 47.2 Å². The summed E-state index contributed by atoms with van der Waals surface area (Å²) < 4.78 is 136. The molecule has 0 atom stereocenters. The van der Waals surface area contributed by atoms with Gasteiger partial charge < -0.3 is 47.2 Å². The van der Waals surface area contributed by atoms with Gasteiger partial charge in [-0.25, -0.2) is 39.3 Å². The summed E-state index contributed by atoms with van der Waals surface area (Å²) in [6.45, 7) is 7.12. The third-order valence-corrected chi connectivity index (χ3v) is 25.4. The number of carbonyl (C=O) groups is 6. The summed E-state index contributed by atoms with van der Waals surface area (Å²) in [6, 6.07) is 33.2. The van der Waals surface area contributed by atoms with Crippen molar-refractivity contribution in [1.29, 1.82) is 0 Å². The third-order valence-electron chi connectivity index (χ3n) is 16.7. The number of phenols is 3. The normalized spacial score (nSPS) is 11.3. The Labute approximate surface area is 750 Å². The lowest BCUT2D eigenvalue weighted by atomic mass is 10.2. The molecule has 9 aromatic carbocycles. The van der Waals surface area contributed by atoms with Crippen LogP contribution in [0.2, 0.25) is 50.2 Å². The van der Waals surface area contributed by atoms with Crippen LogP contribution in [0.3, 0.4) is 0 Å². The van der Waals surface area contributed by atoms with Crippen molar-refractivity contribution < 1.29 is 90.9 Å². The molecule has 0 saturated carbocycles. The largest absolute Gasteiger partial charge is 0.506 e. The number of phenolic OH excluding ortho intramolecular Hbond substituents is 3. The van der Waals surface area contributed by atoms with Crippen LogP contribution in [0.5, 0.6) is 17.2 Å². The molecule has 642 valence electrons. The van der Waals surface area contributed by atoms with Crippen molar-refractivity contribution in [3.8, 4) is 34.3 Å². The SMILES string of the molecule is Cc1ccc(S(=O)(=O)CC(=O)Nc2cc(O)c(NC(=O)c3cnn(-c4cc(C)c(Cl)c(Cl)c4)c3)cc2Cl)cc1.Cc1ccc(S(=O)(=O)CC(=O)Nc2cc(O)c(NC(=O)c3cnn(-c4cc(Cl)c(Cl)c(C(F)(F)F)c4)c3)cc2Cl)cc1.Cc1cccc(S(=O)(=O)CC(=O)Nc2cc(O)c(NC(=O)c3cnn(-c4cc(Cl)c(Cl)c(Cl)c4)c3)cc2Cl)c1.O=S=O. The van der Waals surface area contributed by atoms with Crippen LogP contribution < -0.4 is 31.9 Å². The molecular weight excluding hydrogens is 1900 g/mol. The lowest BCUT2D eigenvalue weighted by molar-refractivity contribution is -0.137. The molecule has 0 spiro atoms. The summed E-state index contributed by atoms with van der Waals surface area (Å²) in [5.41, 5.74) is 2.67. The summed E-state index contributed by atoms with van der Waals surface area (Å²) in [6.07, 6.45) is 2.89. The van der Waals surface area contributed by atoms with Gasteiger partial charge in [-0.05, 0) is 130 Å². The number of carbonyl (C=O) groups excluding carboxylic acids is 6. The topological polar surface area (TPSA) is 425 Å². The summed E-state index contributed by atoms with van der Waals surface area (Å²) in [4.78, 5) is 75.6. The van der Waals surface area contributed by atoms with E-state index in [0.717, 1.165) is 69.7 Å². The molecule has 0 saturated heterocycles. The van der Waals surface area contributed by atoms with Gasteiger partial charge >= 0.3 is 17.7 Å². The Kier molecular flexibility index (Phi) is 31.8. The van der Waals surface area contributed by atoms with Crippen LogP contribution in [0.25, 0.3) is 17.1 Å². The van der Waals surface area contributed by atoms with Crippen LogP contribution in [0.15, 0.2) is 197 Å². The first kappa shape index (κ1) is 96.0. The number of hydrogen-bond acceptors (Lipinski definition) is 20. The first-order chi connectivity index (χ1) is 57.6. The van der Waals surface area contributed by atoms with Crippen LogP contribution in [0.4, 0.5) is 47.3 Å². The van der Waals surface area contributed by atoms with Gasteiger partial charge in [0.2, 0.25) is 17.7 Å². The summed E-state index contributed by atoms with van der Waals surface area (Å²) in [5.74, 6) is -8.57. The van der Waals surface area contributed by atoms with E-state index in [1.165, 1.54) is 94.8 Å². The molecule has 0 aliphatic heterocycles. The van der Waals surface area contributed by atoms with Crippen LogP contribution in [0.1, 0.15) is 58.9 Å². The second-order valence-electron chi connectivity index (χ2n) is 25.9. The predicted octanol–water partition coefficient (Wildman–Crippen LogP) is 17.8. The van der Waals surface area contributed by atoms with Crippen LogP contribution in [0, 0.1) is 27.7 Å². The van der Waals surface area contributed by atoms with E-state index in [1.54, 1.807) is 69.3 Å². The van der Waals surface area contributed by atoms with Gasteiger partial charge in [-0.15, -0.1) is 0 Å². The Morgan fingerprint density at radius 2 is 0.683 bits per heavy atom. The molecule has 0 unspecified atom stereocenters. The summed E-state index contributed by atoms with van der Waals surface area (Å²) in [7, 11) is -11.8. The minimum atomic E-state index is -4.79. The maximum absolute atomic E-state index is 13.3. The molecule has 6 amide bonds. The zero-order valence-electron chi connectivity index (χ0n) is 62.7. The number of aromatic hydroxyl groups is 3. The Bertz CT molecular complexity index is 6540. The van der Waals surface area contributed by atoms with Crippen molar-refractivity contribution in [2.45, 2.75) is 48.6 Å². The molecule has 46 heteroatoms. The fourth-order valence-corrected chi connectivity index (χ4v) is 16.2. The van der Waals surface area contributed by atoms with Crippen LogP contribution in [-0.2, 0) is 61.6 Å². The van der Waals surface area contributed by atoms with Gasteiger partial charge in [0, 0.05) is 36.8 Å². The third kappa shape index (κ3) is 25.2. The van der Waals surface area contributed by atoms with Gasteiger partial charge in [0.1, 0.15) is 34.5 Å².